The fourth-order valence-electron chi connectivity index (χ4n) is 4.73. The summed E-state index contributed by atoms with van der Waals surface area (Å²) in [5, 5.41) is 0.510. The Balaban J connectivity index is 1.38. The van der Waals surface area contributed by atoms with Crippen LogP contribution in [0.25, 0.3) is 0 Å². The molecule has 32 heavy (non-hydrogen) atoms. The number of anilines is 1. The molecule has 3 aliphatic rings. The molecule has 2 bridgehead atoms. The lowest BCUT2D eigenvalue weighted by molar-refractivity contribution is -0.121. The van der Waals surface area contributed by atoms with E-state index in [1.807, 2.05) is 49.1 Å². The minimum absolute atomic E-state index is 0.0366. The highest BCUT2D eigenvalue weighted by Crippen LogP contribution is 2.43. The predicted octanol–water partition coefficient (Wildman–Crippen LogP) is 4.63. The molecule has 1 saturated carbocycles. The number of aliphatic imine (C=N–C) groups is 1. The van der Waals surface area contributed by atoms with E-state index in [0.717, 1.165) is 36.1 Å². The quantitative estimate of drug-likeness (QED) is 0.687. The van der Waals surface area contributed by atoms with Gasteiger partial charge in [-0.15, -0.1) is 0 Å². The molecule has 1 amide bonds. The molecule has 5 rings (SSSR count). The Bertz CT molecular complexity index is 1090. The van der Waals surface area contributed by atoms with Crippen molar-refractivity contribution in [3.8, 4) is 11.5 Å². The van der Waals surface area contributed by atoms with Crippen LogP contribution in [-0.4, -0.2) is 31.0 Å². The second-order valence-corrected chi connectivity index (χ2v) is 9.07. The Morgan fingerprint density at radius 1 is 1.19 bits per heavy atom. The van der Waals surface area contributed by atoms with Crippen molar-refractivity contribution in [2.45, 2.75) is 51.5 Å². The molecule has 1 saturated heterocycles. The number of amidine groups is 1. The van der Waals surface area contributed by atoms with Gasteiger partial charge in [-0.2, -0.15) is 0 Å². The molecule has 3 unspecified atom stereocenters. The van der Waals surface area contributed by atoms with E-state index in [4.69, 9.17) is 25.9 Å². The van der Waals surface area contributed by atoms with Crippen LogP contribution in [0.1, 0.15) is 50.5 Å². The number of halogens is 1. The highest BCUT2D eigenvalue weighted by atomic mass is 35.5. The predicted molar refractivity (Wildman–Crippen MR) is 122 cm³/mol. The zero-order valence-corrected chi connectivity index (χ0v) is 19.1. The second-order valence-electron chi connectivity index (χ2n) is 8.66. The lowest BCUT2D eigenvalue weighted by Gasteiger charge is -2.28. The second kappa shape index (κ2) is 8.30. The summed E-state index contributed by atoms with van der Waals surface area (Å²) in [5.74, 6) is 2.23. The SMILES string of the molecule is COc1cc(N2C(=O)C3CCC2C3)ccc1C1N=C(c2ccc(OC(C)C)c(Cl)c2)NO1. The van der Waals surface area contributed by atoms with Crippen molar-refractivity contribution < 1.29 is 19.1 Å². The van der Waals surface area contributed by atoms with Gasteiger partial charge in [0.2, 0.25) is 12.1 Å². The van der Waals surface area contributed by atoms with Gasteiger partial charge in [0.1, 0.15) is 11.5 Å². The number of piperidine rings is 1. The first-order valence-corrected chi connectivity index (χ1v) is 11.3. The summed E-state index contributed by atoms with van der Waals surface area (Å²) in [7, 11) is 1.61. The maximum absolute atomic E-state index is 12.6. The number of carbonyl (C=O) groups is 1. The van der Waals surface area contributed by atoms with Gasteiger partial charge in [0, 0.05) is 34.8 Å². The number of rotatable bonds is 6. The van der Waals surface area contributed by atoms with Gasteiger partial charge < -0.3 is 14.4 Å². The summed E-state index contributed by atoms with van der Waals surface area (Å²) < 4.78 is 11.3. The molecule has 2 aromatic rings. The van der Waals surface area contributed by atoms with Gasteiger partial charge >= 0.3 is 0 Å². The van der Waals surface area contributed by atoms with Gasteiger partial charge in [0.15, 0.2) is 5.84 Å². The number of amides is 1. The number of benzene rings is 2. The number of hydrogen-bond acceptors (Lipinski definition) is 6. The molecule has 2 aliphatic heterocycles. The number of fused-ring (bicyclic) bond motifs is 2. The lowest BCUT2D eigenvalue weighted by Crippen LogP contribution is -2.36. The smallest absolute Gasteiger partial charge is 0.230 e. The van der Waals surface area contributed by atoms with Crippen LogP contribution in [0.3, 0.4) is 0 Å². The molecule has 0 aromatic heterocycles. The third kappa shape index (κ3) is 3.69. The summed E-state index contributed by atoms with van der Waals surface area (Å²) in [6.45, 7) is 3.90. The van der Waals surface area contributed by atoms with E-state index in [2.05, 4.69) is 10.5 Å². The van der Waals surface area contributed by atoms with Crippen LogP contribution in [0.5, 0.6) is 11.5 Å². The van der Waals surface area contributed by atoms with E-state index < -0.39 is 6.23 Å². The molecule has 168 valence electrons. The maximum atomic E-state index is 12.6. The minimum Gasteiger partial charge on any atom is -0.496 e. The number of carbonyl (C=O) groups excluding carboxylic acids is 1. The molecule has 3 atom stereocenters. The van der Waals surface area contributed by atoms with Crippen LogP contribution >= 0.6 is 11.6 Å². The van der Waals surface area contributed by atoms with Crippen molar-refractivity contribution in [3.63, 3.8) is 0 Å². The molecule has 1 aliphatic carbocycles. The fourth-order valence-corrected chi connectivity index (χ4v) is 4.96. The van der Waals surface area contributed by atoms with Crippen molar-refractivity contribution in [2.75, 3.05) is 12.0 Å². The minimum atomic E-state index is -0.579. The lowest BCUT2D eigenvalue weighted by atomic mass is 10.1. The van der Waals surface area contributed by atoms with Crippen molar-refractivity contribution in [3.05, 3.63) is 52.5 Å². The Hall–Kier alpha value is -2.77. The van der Waals surface area contributed by atoms with Crippen molar-refractivity contribution in [2.24, 2.45) is 10.9 Å². The molecule has 0 spiro atoms. The summed E-state index contributed by atoms with van der Waals surface area (Å²) in [6, 6.07) is 11.6. The standard InChI is InChI=1S/C24H26ClN3O4/c1-13(2)31-20-9-5-14(11-19(20)25)22-26-23(32-27-22)18-8-7-17(12-21(18)30-3)28-16-6-4-15(10-16)24(28)29/h5,7-9,11-13,15-16,23H,4,6,10H2,1-3H3,(H,26,27). The van der Waals surface area contributed by atoms with Crippen LogP contribution < -0.4 is 19.9 Å². The van der Waals surface area contributed by atoms with Crippen molar-refractivity contribution in [1.29, 1.82) is 0 Å². The molecule has 0 radical (unpaired) electrons. The van der Waals surface area contributed by atoms with Gasteiger partial charge in [0.05, 0.1) is 18.2 Å². The molecule has 8 heteroatoms. The fraction of sp³-hybridized carbons (Fsp3) is 0.417. The molecular weight excluding hydrogens is 430 g/mol. The highest BCUT2D eigenvalue weighted by molar-refractivity contribution is 6.32. The maximum Gasteiger partial charge on any atom is 0.230 e. The van der Waals surface area contributed by atoms with Gasteiger partial charge in [-0.1, -0.05) is 11.6 Å². The van der Waals surface area contributed by atoms with E-state index in [9.17, 15) is 4.79 Å². The zero-order chi connectivity index (χ0) is 22.4. The largest absolute Gasteiger partial charge is 0.496 e. The molecule has 2 heterocycles. The molecule has 7 nitrogen and oxygen atoms in total. The Morgan fingerprint density at radius 3 is 2.72 bits per heavy atom. The number of hydrogen-bond donors (Lipinski definition) is 1. The Labute approximate surface area is 192 Å². The summed E-state index contributed by atoms with van der Waals surface area (Å²) >= 11 is 6.37. The first-order valence-electron chi connectivity index (χ1n) is 10.9. The zero-order valence-electron chi connectivity index (χ0n) is 18.3. The molecular formula is C24H26ClN3O4. The van der Waals surface area contributed by atoms with E-state index in [-0.39, 0.29) is 17.9 Å². The average Bonchev–Trinajstić information content (AvgIpc) is 3.51. The average molecular weight is 456 g/mol. The van der Waals surface area contributed by atoms with Crippen molar-refractivity contribution in [1.82, 2.24) is 5.48 Å². The van der Waals surface area contributed by atoms with Gasteiger partial charge in [-0.3, -0.25) is 4.79 Å². The number of nitrogens with one attached hydrogen (secondary N) is 1. The third-order valence-corrected chi connectivity index (χ3v) is 6.49. The van der Waals surface area contributed by atoms with E-state index >= 15 is 0 Å². The van der Waals surface area contributed by atoms with Crippen LogP contribution in [0.2, 0.25) is 5.02 Å². The molecule has 2 aromatic carbocycles. The number of methoxy groups -OCH3 is 1. The highest BCUT2D eigenvalue weighted by Gasteiger charge is 2.45. The number of hydroxylamine groups is 1. The normalized spacial score (nSPS) is 24.2. The first kappa shape index (κ1) is 21.1. The van der Waals surface area contributed by atoms with Crippen molar-refractivity contribution >= 4 is 29.0 Å². The number of ether oxygens (including phenoxy) is 2. The van der Waals surface area contributed by atoms with E-state index in [1.54, 1.807) is 13.2 Å². The molecule has 2 fully saturated rings. The van der Waals surface area contributed by atoms with E-state index in [0.29, 0.717) is 28.4 Å². The first-order chi connectivity index (χ1) is 15.4. The van der Waals surface area contributed by atoms with Crippen LogP contribution in [0.15, 0.2) is 41.4 Å². The monoisotopic (exact) mass is 455 g/mol. The van der Waals surface area contributed by atoms with Gasteiger partial charge in [-0.25, -0.2) is 15.3 Å². The van der Waals surface area contributed by atoms with Crippen LogP contribution in [-0.2, 0) is 9.63 Å². The summed E-state index contributed by atoms with van der Waals surface area (Å²) in [6.07, 6.45) is 2.48. The molecule has 1 N–H and O–H groups in total. The third-order valence-electron chi connectivity index (χ3n) is 6.20. The van der Waals surface area contributed by atoms with Gasteiger partial charge in [-0.05, 0) is 63.4 Å². The summed E-state index contributed by atoms with van der Waals surface area (Å²) in [5.41, 5.74) is 5.33. The Morgan fingerprint density at radius 2 is 2.03 bits per heavy atom. The van der Waals surface area contributed by atoms with E-state index in [1.165, 1.54) is 0 Å². The van der Waals surface area contributed by atoms with Crippen LogP contribution in [0.4, 0.5) is 5.69 Å². The van der Waals surface area contributed by atoms with Gasteiger partial charge in [0.25, 0.3) is 0 Å². The van der Waals surface area contributed by atoms with Crippen LogP contribution in [0, 0.1) is 5.92 Å². The Kier molecular flexibility index (Phi) is 5.47. The topological polar surface area (TPSA) is 72.4 Å². The number of nitrogens with zero attached hydrogens (tertiary/aromatic N) is 2. The summed E-state index contributed by atoms with van der Waals surface area (Å²) in [4.78, 5) is 25.0.